The maximum Gasteiger partial charge on any atom is 0.0367 e. The second-order valence-electron chi connectivity index (χ2n) is 6.63. The molecule has 0 radical (unpaired) electrons. The highest BCUT2D eigenvalue weighted by Gasteiger charge is 2.66. The molecule has 1 aromatic heterocycles. The summed E-state index contributed by atoms with van der Waals surface area (Å²) in [6.45, 7) is 2.14. The van der Waals surface area contributed by atoms with Crippen LogP contribution in [0.2, 0.25) is 0 Å². The van der Waals surface area contributed by atoms with Gasteiger partial charge in [-0.15, -0.1) is 0 Å². The quantitative estimate of drug-likeness (QED) is 0.881. The molecule has 0 aliphatic heterocycles. The molecule has 1 N–H and O–H groups in total. The van der Waals surface area contributed by atoms with Crippen molar-refractivity contribution in [2.24, 2.45) is 29.6 Å². The van der Waals surface area contributed by atoms with Crippen LogP contribution in [0.15, 0.2) is 18.5 Å². The average molecular weight is 242 g/mol. The zero-order valence-electron chi connectivity index (χ0n) is 11.3. The minimum atomic E-state index is 0.538. The Kier molecular flexibility index (Phi) is 2.32. The lowest BCUT2D eigenvalue weighted by Crippen LogP contribution is -2.22. The van der Waals surface area contributed by atoms with Gasteiger partial charge in [0.25, 0.3) is 0 Å². The molecule has 3 fully saturated rings. The molecular weight excluding hydrogens is 220 g/mol. The number of rotatable bonds is 3. The average Bonchev–Trinajstić information content (AvgIpc) is 2.80. The molecular formula is C16H22N2. The Morgan fingerprint density at radius 1 is 1.22 bits per heavy atom. The van der Waals surface area contributed by atoms with Gasteiger partial charge in [-0.25, -0.2) is 0 Å². The number of fused-ring (bicyclic) bond motifs is 5. The summed E-state index contributed by atoms with van der Waals surface area (Å²) in [6.07, 6.45) is 8.56. The third-order valence-electron chi connectivity index (χ3n) is 5.75. The molecule has 2 bridgehead atoms. The minimum Gasteiger partial charge on any atom is -0.313 e. The van der Waals surface area contributed by atoms with Crippen LogP contribution in [-0.2, 0) is 0 Å². The van der Waals surface area contributed by atoms with Gasteiger partial charge in [0.15, 0.2) is 0 Å². The molecule has 96 valence electrons. The lowest BCUT2D eigenvalue weighted by Gasteiger charge is -2.20. The molecule has 0 spiro atoms. The van der Waals surface area contributed by atoms with E-state index >= 15 is 0 Å². The van der Waals surface area contributed by atoms with Gasteiger partial charge in [0.05, 0.1) is 0 Å². The molecule has 2 heteroatoms. The van der Waals surface area contributed by atoms with Crippen LogP contribution in [0.4, 0.5) is 0 Å². The molecule has 1 aromatic rings. The second-order valence-corrected chi connectivity index (χ2v) is 6.63. The third kappa shape index (κ3) is 1.41. The van der Waals surface area contributed by atoms with E-state index in [9.17, 15) is 0 Å². The van der Waals surface area contributed by atoms with Crippen molar-refractivity contribution in [3.8, 4) is 0 Å². The van der Waals surface area contributed by atoms with Gasteiger partial charge in [-0.05, 0) is 74.0 Å². The van der Waals surface area contributed by atoms with E-state index in [4.69, 9.17) is 0 Å². The van der Waals surface area contributed by atoms with Gasteiger partial charge in [-0.2, -0.15) is 0 Å². The van der Waals surface area contributed by atoms with Crippen LogP contribution in [0, 0.1) is 36.5 Å². The van der Waals surface area contributed by atoms with E-state index in [1.807, 2.05) is 6.20 Å². The van der Waals surface area contributed by atoms with Gasteiger partial charge in [-0.1, -0.05) is 6.07 Å². The molecule has 0 aromatic carbocycles. The van der Waals surface area contributed by atoms with Crippen molar-refractivity contribution in [1.29, 1.82) is 0 Å². The van der Waals surface area contributed by atoms with Crippen LogP contribution < -0.4 is 5.32 Å². The predicted molar refractivity (Wildman–Crippen MR) is 72.1 cm³/mol. The first-order valence-electron chi connectivity index (χ1n) is 7.38. The number of hydrogen-bond donors (Lipinski definition) is 1. The number of pyridine rings is 1. The van der Waals surface area contributed by atoms with E-state index in [1.54, 1.807) is 0 Å². The first kappa shape index (κ1) is 11.0. The Labute approximate surface area is 109 Å². The summed E-state index contributed by atoms with van der Waals surface area (Å²) < 4.78 is 0. The van der Waals surface area contributed by atoms with Gasteiger partial charge < -0.3 is 5.32 Å². The van der Waals surface area contributed by atoms with E-state index in [0.717, 1.165) is 29.6 Å². The largest absolute Gasteiger partial charge is 0.313 e. The molecule has 3 aliphatic carbocycles. The molecule has 5 unspecified atom stereocenters. The Hall–Kier alpha value is -0.890. The topological polar surface area (TPSA) is 24.9 Å². The smallest absolute Gasteiger partial charge is 0.0367 e. The van der Waals surface area contributed by atoms with E-state index in [0.29, 0.717) is 6.04 Å². The third-order valence-corrected chi connectivity index (χ3v) is 5.75. The maximum atomic E-state index is 4.37. The Bertz CT molecular complexity index is 454. The van der Waals surface area contributed by atoms with Gasteiger partial charge in [0.1, 0.15) is 0 Å². The maximum absolute atomic E-state index is 4.37. The zero-order chi connectivity index (χ0) is 12.3. The normalized spacial score (nSPS) is 41.8. The molecule has 18 heavy (non-hydrogen) atoms. The van der Waals surface area contributed by atoms with E-state index in [2.05, 4.69) is 36.5 Å². The van der Waals surface area contributed by atoms with Gasteiger partial charge in [0.2, 0.25) is 0 Å². The molecule has 0 saturated heterocycles. The Morgan fingerprint density at radius 2 is 1.94 bits per heavy atom. The first-order valence-corrected chi connectivity index (χ1v) is 7.38. The van der Waals surface area contributed by atoms with Crippen molar-refractivity contribution in [3.63, 3.8) is 0 Å². The van der Waals surface area contributed by atoms with Crippen molar-refractivity contribution in [2.75, 3.05) is 7.05 Å². The van der Waals surface area contributed by atoms with E-state index in [-0.39, 0.29) is 0 Å². The molecule has 0 amide bonds. The highest BCUT2D eigenvalue weighted by molar-refractivity contribution is 5.26. The first-order chi connectivity index (χ1) is 8.79. The van der Waals surface area contributed by atoms with Gasteiger partial charge >= 0.3 is 0 Å². The summed E-state index contributed by atoms with van der Waals surface area (Å²) >= 11 is 0. The number of nitrogens with one attached hydrogen (secondary N) is 1. The lowest BCUT2D eigenvalue weighted by molar-refractivity contribution is 0.385. The molecule has 1 heterocycles. The second kappa shape index (κ2) is 3.80. The van der Waals surface area contributed by atoms with Crippen LogP contribution in [0.3, 0.4) is 0 Å². The van der Waals surface area contributed by atoms with Crippen molar-refractivity contribution in [1.82, 2.24) is 10.3 Å². The summed E-state index contributed by atoms with van der Waals surface area (Å²) in [5.41, 5.74) is 2.68. The number of hydrogen-bond acceptors (Lipinski definition) is 2. The highest BCUT2D eigenvalue weighted by atomic mass is 14.9. The van der Waals surface area contributed by atoms with Crippen LogP contribution in [0.25, 0.3) is 0 Å². The number of aromatic nitrogens is 1. The van der Waals surface area contributed by atoms with Crippen LogP contribution in [-0.4, -0.2) is 12.0 Å². The SMILES string of the molecule is CNC(c1cncc(C)c1)C1C2C3CCC(C3)C21. The highest BCUT2D eigenvalue weighted by Crippen LogP contribution is 2.72. The van der Waals surface area contributed by atoms with E-state index < -0.39 is 0 Å². The van der Waals surface area contributed by atoms with Gasteiger partial charge in [-0.3, -0.25) is 4.98 Å². The molecule has 4 rings (SSSR count). The summed E-state index contributed by atoms with van der Waals surface area (Å²) in [7, 11) is 2.11. The fraction of sp³-hybridized carbons (Fsp3) is 0.688. The molecule has 3 aliphatic rings. The standard InChI is InChI=1S/C16H22N2/c1-9-5-12(8-18-7-9)16(17-2)15-13-10-3-4-11(6-10)14(13)15/h5,7-8,10-11,13-17H,3-4,6H2,1-2H3. The van der Waals surface area contributed by atoms with E-state index in [1.165, 1.54) is 30.4 Å². The zero-order valence-corrected chi connectivity index (χ0v) is 11.3. The minimum absolute atomic E-state index is 0.538. The monoisotopic (exact) mass is 242 g/mol. The Morgan fingerprint density at radius 3 is 2.56 bits per heavy atom. The van der Waals surface area contributed by atoms with Crippen LogP contribution >= 0.6 is 0 Å². The lowest BCUT2D eigenvalue weighted by atomic mass is 9.93. The summed E-state index contributed by atoms with van der Waals surface area (Å²) in [6, 6.07) is 2.85. The molecule has 3 saturated carbocycles. The summed E-state index contributed by atoms with van der Waals surface area (Å²) in [5, 5.41) is 3.56. The fourth-order valence-corrected chi connectivity index (χ4v) is 5.17. The van der Waals surface area contributed by atoms with Crippen LogP contribution in [0.1, 0.15) is 36.4 Å². The van der Waals surface area contributed by atoms with Crippen molar-refractivity contribution < 1.29 is 0 Å². The summed E-state index contributed by atoms with van der Waals surface area (Å²) in [4.78, 5) is 4.37. The van der Waals surface area contributed by atoms with Gasteiger partial charge in [0, 0.05) is 18.4 Å². The van der Waals surface area contributed by atoms with Crippen LogP contribution in [0.5, 0.6) is 0 Å². The number of nitrogens with zero attached hydrogens (tertiary/aromatic N) is 1. The predicted octanol–water partition coefficient (Wildman–Crippen LogP) is 2.94. The van der Waals surface area contributed by atoms with Crippen molar-refractivity contribution in [3.05, 3.63) is 29.6 Å². The molecule has 5 atom stereocenters. The molecule has 2 nitrogen and oxygen atoms in total. The van der Waals surface area contributed by atoms with Crippen molar-refractivity contribution >= 4 is 0 Å². The number of aryl methyl sites for hydroxylation is 1. The fourth-order valence-electron chi connectivity index (χ4n) is 5.17. The van der Waals surface area contributed by atoms with Crippen molar-refractivity contribution in [2.45, 2.75) is 32.2 Å². The Balaban J connectivity index is 1.60. The summed E-state index contributed by atoms with van der Waals surface area (Å²) in [5.74, 6) is 5.06.